The molecule has 0 fully saturated rings. The smallest absolute Gasteiger partial charge is 0.139 e. The summed E-state index contributed by atoms with van der Waals surface area (Å²) < 4.78 is 13.4. The third-order valence-electron chi connectivity index (χ3n) is 10.9. The fourth-order valence-corrected chi connectivity index (χ4v) is 8.33. The molecule has 0 aliphatic heterocycles. The number of hydrogen-bond donors (Lipinski definition) is 0. The number of benzene rings is 9. The standard InChI is InChI=1S/C51H34N2O2/c1-33-50-46-29-35-23-25-43(53(40-18-10-4-11-19-40)41-20-12-5-13-21-41)27-37(35)31-48(46)54-49(50)32-45-44-28-34-22-24-42(26-36(34)30-47(44)55-51(33)45)52(38-14-6-2-7-15-38)39-16-8-3-9-17-39/h2-32H,1H3. The van der Waals surface area contributed by atoms with E-state index in [-0.39, 0.29) is 0 Å². The molecular weight excluding hydrogens is 673 g/mol. The first-order valence-electron chi connectivity index (χ1n) is 18.7. The molecule has 260 valence electrons. The Morgan fingerprint density at radius 2 is 0.764 bits per heavy atom. The lowest BCUT2D eigenvalue weighted by Crippen LogP contribution is -2.09. The lowest BCUT2D eigenvalue weighted by atomic mass is 10.00. The number of nitrogens with zero attached hydrogens (tertiary/aromatic N) is 2. The second-order valence-electron chi connectivity index (χ2n) is 14.2. The summed E-state index contributed by atoms with van der Waals surface area (Å²) >= 11 is 0. The minimum absolute atomic E-state index is 0.866. The Labute approximate surface area is 317 Å². The molecule has 0 amide bonds. The van der Waals surface area contributed by atoms with E-state index in [1.165, 1.54) is 0 Å². The Morgan fingerprint density at radius 1 is 0.327 bits per heavy atom. The van der Waals surface area contributed by atoms with Gasteiger partial charge in [0.1, 0.15) is 22.3 Å². The van der Waals surface area contributed by atoms with Gasteiger partial charge in [-0.2, -0.15) is 0 Å². The van der Waals surface area contributed by atoms with Crippen LogP contribution in [0, 0.1) is 6.92 Å². The van der Waals surface area contributed by atoms with Crippen LogP contribution in [0.5, 0.6) is 0 Å². The molecule has 0 saturated heterocycles. The molecule has 0 aliphatic carbocycles. The number of hydrogen-bond acceptors (Lipinski definition) is 4. The van der Waals surface area contributed by atoms with Gasteiger partial charge in [0.25, 0.3) is 0 Å². The number of rotatable bonds is 6. The van der Waals surface area contributed by atoms with Gasteiger partial charge in [-0.25, -0.2) is 0 Å². The van der Waals surface area contributed by atoms with E-state index >= 15 is 0 Å². The van der Waals surface area contributed by atoms with Crippen LogP contribution >= 0.6 is 0 Å². The first kappa shape index (κ1) is 31.2. The van der Waals surface area contributed by atoms with Crippen LogP contribution in [0.2, 0.25) is 0 Å². The van der Waals surface area contributed by atoms with E-state index in [4.69, 9.17) is 8.83 Å². The summed E-state index contributed by atoms with van der Waals surface area (Å²) in [6, 6.07) is 66.4. The lowest BCUT2D eigenvalue weighted by Gasteiger charge is -2.25. The topological polar surface area (TPSA) is 32.8 Å². The Morgan fingerprint density at radius 3 is 1.24 bits per heavy atom. The van der Waals surface area contributed by atoms with Crippen LogP contribution in [0.1, 0.15) is 5.56 Å². The molecule has 2 heterocycles. The molecule has 2 aromatic heterocycles. The Bertz CT molecular complexity index is 3030. The predicted octanol–water partition coefficient (Wildman–Crippen LogP) is 15.0. The fraction of sp³-hybridized carbons (Fsp3) is 0.0196. The van der Waals surface area contributed by atoms with Crippen LogP contribution in [0.15, 0.2) is 197 Å². The summed E-state index contributed by atoms with van der Waals surface area (Å²) in [7, 11) is 0. The zero-order chi connectivity index (χ0) is 36.5. The Hall–Kier alpha value is -7.30. The SMILES string of the molecule is Cc1c2oc3cc4cc(N(c5ccccc5)c5ccccc5)ccc4cc3c2cc2oc3cc4cc(N(c5ccccc5)c5ccccc5)ccc4cc3c12. The fourth-order valence-electron chi connectivity index (χ4n) is 8.33. The maximum atomic E-state index is 6.74. The minimum Gasteiger partial charge on any atom is -0.456 e. The highest BCUT2D eigenvalue weighted by molar-refractivity contribution is 6.20. The predicted molar refractivity (Wildman–Crippen MR) is 230 cm³/mol. The average molecular weight is 707 g/mol. The van der Waals surface area contributed by atoms with Gasteiger partial charge in [-0.3, -0.25) is 0 Å². The highest BCUT2D eigenvalue weighted by Crippen LogP contribution is 2.44. The van der Waals surface area contributed by atoms with Crippen LogP contribution in [-0.4, -0.2) is 0 Å². The van der Waals surface area contributed by atoms with Crippen LogP contribution < -0.4 is 9.80 Å². The van der Waals surface area contributed by atoms with E-state index < -0.39 is 0 Å². The van der Waals surface area contributed by atoms with Crippen molar-refractivity contribution in [3.05, 3.63) is 194 Å². The lowest BCUT2D eigenvalue weighted by molar-refractivity contribution is 0.662. The number of para-hydroxylation sites is 4. The van der Waals surface area contributed by atoms with Crippen molar-refractivity contribution in [2.75, 3.05) is 9.80 Å². The van der Waals surface area contributed by atoms with Crippen molar-refractivity contribution in [3.8, 4) is 0 Å². The second-order valence-corrected chi connectivity index (χ2v) is 14.2. The highest BCUT2D eigenvalue weighted by Gasteiger charge is 2.20. The number of fused-ring (bicyclic) bond motifs is 8. The zero-order valence-corrected chi connectivity index (χ0v) is 30.1. The molecule has 11 rings (SSSR count). The average Bonchev–Trinajstić information content (AvgIpc) is 3.78. The summed E-state index contributed by atoms with van der Waals surface area (Å²) in [4.78, 5) is 4.58. The van der Waals surface area contributed by atoms with Gasteiger partial charge in [-0.15, -0.1) is 0 Å². The molecule has 0 aliphatic rings. The molecule has 0 bridgehead atoms. The van der Waals surface area contributed by atoms with Crippen molar-refractivity contribution in [1.82, 2.24) is 0 Å². The third-order valence-corrected chi connectivity index (χ3v) is 10.9. The van der Waals surface area contributed by atoms with Crippen LogP contribution in [-0.2, 0) is 0 Å². The van der Waals surface area contributed by atoms with E-state index in [1.54, 1.807) is 0 Å². The van der Waals surface area contributed by atoms with E-state index in [0.717, 1.165) is 105 Å². The van der Waals surface area contributed by atoms with Crippen molar-refractivity contribution in [2.45, 2.75) is 6.92 Å². The molecule has 4 heteroatoms. The maximum Gasteiger partial charge on any atom is 0.139 e. The molecule has 9 aromatic carbocycles. The van der Waals surface area contributed by atoms with Gasteiger partial charge in [0.2, 0.25) is 0 Å². The van der Waals surface area contributed by atoms with E-state index in [0.29, 0.717) is 0 Å². The molecule has 0 spiro atoms. The number of anilines is 6. The van der Waals surface area contributed by atoms with Crippen molar-refractivity contribution < 1.29 is 8.83 Å². The van der Waals surface area contributed by atoms with E-state index in [9.17, 15) is 0 Å². The van der Waals surface area contributed by atoms with Crippen LogP contribution in [0.4, 0.5) is 34.1 Å². The van der Waals surface area contributed by atoms with Crippen molar-refractivity contribution >= 4 is 99.5 Å². The molecule has 0 unspecified atom stereocenters. The maximum absolute atomic E-state index is 6.74. The van der Waals surface area contributed by atoms with Gasteiger partial charge in [-0.1, -0.05) is 84.9 Å². The molecular formula is C51H34N2O2. The zero-order valence-electron chi connectivity index (χ0n) is 30.1. The minimum atomic E-state index is 0.866. The second kappa shape index (κ2) is 12.4. The van der Waals surface area contributed by atoms with Gasteiger partial charge in [0, 0.05) is 61.2 Å². The number of furan rings is 2. The number of aryl methyl sites for hydroxylation is 1. The van der Waals surface area contributed by atoms with Crippen molar-refractivity contribution in [3.63, 3.8) is 0 Å². The Kier molecular flexibility index (Phi) is 7.04. The van der Waals surface area contributed by atoms with Gasteiger partial charge in [0.15, 0.2) is 0 Å². The molecule has 0 radical (unpaired) electrons. The van der Waals surface area contributed by atoms with Gasteiger partial charge >= 0.3 is 0 Å². The summed E-state index contributed by atoms with van der Waals surface area (Å²) in [5.41, 5.74) is 11.2. The van der Waals surface area contributed by atoms with E-state index in [1.807, 2.05) is 0 Å². The molecule has 11 aromatic rings. The largest absolute Gasteiger partial charge is 0.456 e. The molecule has 0 N–H and O–H groups in total. The van der Waals surface area contributed by atoms with Crippen molar-refractivity contribution in [1.29, 1.82) is 0 Å². The summed E-state index contributed by atoms with van der Waals surface area (Å²) in [5, 5.41) is 8.89. The quantitative estimate of drug-likeness (QED) is 0.172. The van der Waals surface area contributed by atoms with E-state index in [2.05, 4.69) is 205 Å². The first-order valence-corrected chi connectivity index (χ1v) is 18.7. The van der Waals surface area contributed by atoms with Gasteiger partial charge < -0.3 is 18.6 Å². The summed E-state index contributed by atoms with van der Waals surface area (Å²) in [6.07, 6.45) is 0. The highest BCUT2D eigenvalue weighted by atomic mass is 16.3. The molecule has 55 heavy (non-hydrogen) atoms. The van der Waals surface area contributed by atoms with Crippen LogP contribution in [0.3, 0.4) is 0 Å². The van der Waals surface area contributed by atoms with Crippen molar-refractivity contribution in [2.24, 2.45) is 0 Å². The normalized spacial score (nSPS) is 11.7. The molecule has 0 atom stereocenters. The van der Waals surface area contributed by atoms with Crippen LogP contribution in [0.25, 0.3) is 65.4 Å². The summed E-state index contributed by atoms with van der Waals surface area (Å²) in [5.74, 6) is 0. The van der Waals surface area contributed by atoms with Gasteiger partial charge in [0.05, 0.1) is 0 Å². The first-order chi connectivity index (χ1) is 27.2. The van der Waals surface area contributed by atoms with Gasteiger partial charge in [-0.05, 0) is 132 Å². The third kappa shape index (κ3) is 5.14. The monoisotopic (exact) mass is 706 g/mol. The molecule has 4 nitrogen and oxygen atoms in total. The Balaban J connectivity index is 1.03. The summed E-state index contributed by atoms with van der Waals surface area (Å²) in [6.45, 7) is 2.16. The molecule has 0 saturated carbocycles.